The van der Waals surface area contributed by atoms with Crippen LogP contribution in [0.4, 0.5) is 0 Å². The Morgan fingerprint density at radius 3 is 2.21 bits per heavy atom. The van der Waals surface area contributed by atoms with Crippen molar-refractivity contribution in [2.75, 3.05) is 40.3 Å². The van der Waals surface area contributed by atoms with Crippen molar-refractivity contribution in [3.8, 4) is 5.75 Å². The van der Waals surface area contributed by atoms with Gasteiger partial charge < -0.3 is 10.1 Å². The van der Waals surface area contributed by atoms with Crippen molar-refractivity contribution in [1.29, 1.82) is 0 Å². The molecule has 1 aliphatic rings. The van der Waals surface area contributed by atoms with Gasteiger partial charge in [-0.1, -0.05) is 42.5 Å². The molecule has 1 N–H and O–H groups in total. The Labute approximate surface area is 226 Å². The van der Waals surface area contributed by atoms with Crippen molar-refractivity contribution in [3.05, 3.63) is 95.6 Å². The quantitative estimate of drug-likeness (QED) is 0.373. The van der Waals surface area contributed by atoms with Crippen molar-refractivity contribution < 1.29 is 17.9 Å². The molecule has 0 bridgehead atoms. The number of carbonyl (C=O) groups excluding carboxylic acids is 1. The van der Waals surface area contributed by atoms with Gasteiger partial charge in [0.05, 0.1) is 11.4 Å². The van der Waals surface area contributed by atoms with E-state index in [1.165, 1.54) is 54.5 Å². The van der Waals surface area contributed by atoms with E-state index in [1.54, 1.807) is 12.1 Å². The van der Waals surface area contributed by atoms with E-state index in [4.69, 9.17) is 4.74 Å². The monoisotopic (exact) mass is 535 g/mol. The summed E-state index contributed by atoms with van der Waals surface area (Å²) in [5.74, 6) is 1.15. The van der Waals surface area contributed by atoms with Gasteiger partial charge in [-0.25, -0.2) is 12.7 Å². The number of carbonyl (C=O) groups is 1. The maximum atomic E-state index is 12.5. The van der Waals surface area contributed by atoms with Crippen LogP contribution in [0.1, 0.15) is 34.3 Å². The van der Waals surface area contributed by atoms with Crippen LogP contribution in [0.2, 0.25) is 0 Å². The fourth-order valence-electron chi connectivity index (χ4n) is 4.67. The second-order valence-corrected chi connectivity index (χ2v) is 12.1. The van der Waals surface area contributed by atoms with Gasteiger partial charge in [0, 0.05) is 26.2 Å². The smallest absolute Gasteiger partial charge is 0.251 e. The van der Waals surface area contributed by atoms with Gasteiger partial charge in [-0.3, -0.25) is 9.69 Å². The van der Waals surface area contributed by atoms with Crippen molar-refractivity contribution >= 4 is 15.9 Å². The van der Waals surface area contributed by atoms with E-state index in [9.17, 15) is 13.2 Å². The summed E-state index contributed by atoms with van der Waals surface area (Å²) in [5, 5.41) is 2.87. The zero-order chi connectivity index (χ0) is 27.0. The van der Waals surface area contributed by atoms with Crippen molar-refractivity contribution in [1.82, 2.24) is 14.5 Å². The number of rotatable bonds is 11. The summed E-state index contributed by atoms with van der Waals surface area (Å²) < 4.78 is 31.1. The average Bonchev–Trinajstić information content (AvgIpc) is 2.93. The zero-order valence-electron chi connectivity index (χ0n) is 22.2. The third kappa shape index (κ3) is 7.66. The van der Waals surface area contributed by atoms with Gasteiger partial charge in [-0.2, -0.15) is 0 Å². The van der Waals surface area contributed by atoms with Crippen molar-refractivity contribution in [2.24, 2.45) is 5.92 Å². The highest BCUT2D eigenvalue weighted by Gasteiger charge is 2.20. The molecule has 0 saturated carbocycles. The number of hydrogen-bond donors (Lipinski definition) is 1. The van der Waals surface area contributed by atoms with Gasteiger partial charge in [0.2, 0.25) is 10.0 Å². The van der Waals surface area contributed by atoms with E-state index in [-0.39, 0.29) is 17.4 Å². The predicted octanol–water partition coefficient (Wildman–Crippen LogP) is 4.20. The maximum Gasteiger partial charge on any atom is 0.251 e. The van der Waals surface area contributed by atoms with Crippen LogP contribution in [0, 0.1) is 5.92 Å². The Balaban J connectivity index is 1.16. The molecule has 3 aromatic rings. The number of likely N-dealkylation sites (tertiary alicyclic amines) is 1. The standard InChI is InChI=1S/C30H37N3O4S/c1-32(2)38(35,36)29-14-12-28(13-15-29)37-21-18-31-30(34)27-10-8-26(9-11-27)23-33-19-16-25(17-20-33)22-24-6-4-3-5-7-24/h3-15,25H,16-23H2,1-2H3,(H,31,34). The lowest BCUT2D eigenvalue weighted by Crippen LogP contribution is -2.33. The summed E-state index contributed by atoms with van der Waals surface area (Å²) in [4.78, 5) is 15.2. The third-order valence-corrected chi connectivity index (χ3v) is 8.78. The van der Waals surface area contributed by atoms with Crippen molar-refractivity contribution in [2.45, 2.75) is 30.7 Å². The molecule has 7 nitrogen and oxygen atoms in total. The number of sulfonamides is 1. The molecule has 1 amide bonds. The van der Waals surface area contributed by atoms with Crippen LogP contribution in [0.25, 0.3) is 0 Å². The first-order valence-electron chi connectivity index (χ1n) is 13.1. The molecule has 38 heavy (non-hydrogen) atoms. The molecule has 202 valence electrons. The van der Waals surface area contributed by atoms with Gasteiger partial charge in [-0.05, 0) is 85.8 Å². The summed E-state index contributed by atoms with van der Waals surface area (Å²) in [6.07, 6.45) is 3.60. The summed E-state index contributed by atoms with van der Waals surface area (Å²) in [7, 11) is -0.482. The van der Waals surface area contributed by atoms with Gasteiger partial charge in [0.1, 0.15) is 12.4 Å². The number of amides is 1. The molecule has 1 fully saturated rings. The highest BCUT2D eigenvalue weighted by Crippen LogP contribution is 2.23. The number of hydrogen-bond acceptors (Lipinski definition) is 5. The first-order valence-corrected chi connectivity index (χ1v) is 14.5. The molecule has 0 radical (unpaired) electrons. The Morgan fingerprint density at radius 2 is 1.58 bits per heavy atom. The van der Waals surface area contributed by atoms with E-state index < -0.39 is 10.0 Å². The van der Waals surface area contributed by atoms with Gasteiger partial charge in [0.15, 0.2) is 0 Å². The summed E-state index contributed by atoms with van der Waals surface area (Å²) >= 11 is 0. The van der Waals surface area contributed by atoms with E-state index in [0.717, 1.165) is 32.0 Å². The average molecular weight is 536 g/mol. The lowest BCUT2D eigenvalue weighted by Gasteiger charge is -2.32. The number of nitrogens with zero attached hydrogens (tertiary/aromatic N) is 2. The van der Waals surface area contributed by atoms with Crippen molar-refractivity contribution in [3.63, 3.8) is 0 Å². The minimum Gasteiger partial charge on any atom is -0.492 e. The zero-order valence-corrected chi connectivity index (χ0v) is 23.0. The molecule has 1 saturated heterocycles. The largest absolute Gasteiger partial charge is 0.492 e. The number of nitrogens with one attached hydrogen (secondary N) is 1. The lowest BCUT2D eigenvalue weighted by atomic mass is 9.90. The molecular formula is C30H37N3O4S. The predicted molar refractivity (Wildman–Crippen MR) is 150 cm³/mol. The molecular weight excluding hydrogens is 498 g/mol. The van der Waals surface area contributed by atoms with E-state index in [0.29, 0.717) is 17.9 Å². The van der Waals surface area contributed by atoms with Crippen LogP contribution < -0.4 is 10.1 Å². The molecule has 0 spiro atoms. The Kier molecular flexibility index (Phi) is 9.55. The first kappa shape index (κ1) is 27.8. The minimum absolute atomic E-state index is 0.144. The molecule has 1 aliphatic heterocycles. The molecule has 0 atom stereocenters. The molecule has 0 aliphatic carbocycles. The van der Waals surface area contributed by atoms with Crippen LogP contribution in [0.5, 0.6) is 5.75 Å². The topological polar surface area (TPSA) is 79.0 Å². The summed E-state index contributed by atoms with van der Waals surface area (Å²) in [5.41, 5.74) is 3.26. The number of benzene rings is 3. The second-order valence-electron chi connectivity index (χ2n) is 9.97. The Morgan fingerprint density at radius 1 is 0.921 bits per heavy atom. The van der Waals surface area contributed by atoms with Crippen LogP contribution in [-0.2, 0) is 23.0 Å². The van der Waals surface area contributed by atoms with Gasteiger partial charge in [-0.15, -0.1) is 0 Å². The van der Waals surface area contributed by atoms with Gasteiger partial charge in [0.25, 0.3) is 5.91 Å². The van der Waals surface area contributed by atoms with E-state index >= 15 is 0 Å². The Hall–Kier alpha value is -3.20. The Bertz CT molecular complexity index is 1270. The highest BCUT2D eigenvalue weighted by atomic mass is 32.2. The van der Waals surface area contributed by atoms with Gasteiger partial charge >= 0.3 is 0 Å². The van der Waals surface area contributed by atoms with Crippen LogP contribution >= 0.6 is 0 Å². The summed E-state index contributed by atoms with van der Waals surface area (Å²) in [6.45, 7) is 3.74. The fraction of sp³-hybridized carbons (Fsp3) is 0.367. The number of ether oxygens (including phenoxy) is 1. The maximum absolute atomic E-state index is 12.5. The first-order chi connectivity index (χ1) is 18.3. The molecule has 3 aromatic carbocycles. The van der Waals surface area contributed by atoms with E-state index in [1.807, 2.05) is 24.3 Å². The third-order valence-electron chi connectivity index (χ3n) is 6.96. The SMILES string of the molecule is CN(C)S(=O)(=O)c1ccc(OCCNC(=O)c2ccc(CN3CCC(Cc4ccccc4)CC3)cc2)cc1. The lowest BCUT2D eigenvalue weighted by molar-refractivity contribution is 0.0947. The minimum atomic E-state index is -3.47. The molecule has 0 aromatic heterocycles. The molecule has 8 heteroatoms. The molecule has 1 heterocycles. The second kappa shape index (κ2) is 13.0. The fourth-order valence-corrected chi connectivity index (χ4v) is 5.57. The molecule has 4 rings (SSSR count). The normalized spacial score (nSPS) is 14.9. The van der Waals surface area contributed by atoms with Crippen LogP contribution in [-0.4, -0.2) is 63.9 Å². The van der Waals surface area contributed by atoms with Crippen LogP contribution in [0.15, 0.2) is 83.8 Å². The highest BCUT2D eigenvalue weighted by molar-refractivity contribution is 7.89. The van der Waals surface area contributed by atoms with Crippen LogP contribution in [0.3, 0.4) is 0 Å². The number of piperidine rings is 1. The summed E-state index contributed by atoms with van der Waals surface area (Å²) in [6, 6.07) is 24.8. The van der Waals surface area contributed by atoms with E-state index in [2.05, 4.69) is 40.5 Å². The molecule has 0 unspecified atom stereocenters.